The quantitative estimate of drug-likeness (QED) is 0.894. The highest BCUT2D eigenvalue weighted by molar-refractivity contribution is 5.81. The van der Waals surface area contributed by atoms with Crippen molar-refractivity contribution in [3.63, 3.8) is 0 Å². The molecule has 0 aromatic heterocycles. The molecule has 1 N–H and O–H groups in total. The zero-order valence-corrected chi connectivity index (χ0v) is 12.2. The summed E-state index contributed by atoms with van der Waals surface area (Å²) in [6.45, 7) is 3.42. The van der Waals surface area contributed by atoms with Crippen molar-refractivity contribution in [3.05, 3.63) is 30.3 Å². The minimum absolute atomic E-state index is 0.174. The average molecular weight is 272 g/mol. The number of benzene rings is 1. The van der Waals surface area contributed by atoms with Gasteiger partial charge in [-0.3, -0.25) is 4.79 Å². The van der Waals surface area contributed by atoms with E-state index in [0.717, 1.165) is 24.1 Å². The number of amides is 1. The summed E-state index contributed by atoms with van der Waals surface area (Å²) in [6, 6.07) is 10.6. The van der Waals surface area contributed by atoms with E-state index in [4.69, 9.17) is 0 Å². The molecule has 1 aromatic rings. The van der Waals surface area contributed by atoms with Crippen LogP contribution in [0.15, 0.2) is 30.3 Å². The first-order chi connectivity index (χ1) is 9.76. The zero-order valence-electron chi connectivity index (χ0n) is 12.2. The van der Waals surface area contributed by atoms with Crippen molar-refractivity contribution in [1.29, 1.82) is 0 Å². The third-order valence-electron chi connectivity index (χ3n) is 4.92. The molecule has 2 saturated carbocycles. The normalized spacial score (nSPS) is 27.6. The van der Waals surface area contributed by atoms with Crippen LogP contribution < -0.4 is 10.2 Å². The summed E-state index contributed by atoms with van der Waals surface area (Å²) in [5, 5.41) is 3.26. The molecular formula is C17H24N2O. The van der Waals surface area contributed by atoms with Crippen molar-refractivity contribution < 1.29 is 4.79 Å². The fourth-order valence-corrected chi connectivity index (χ4v) is 3.87. The van der Waals surface area contributed by atoms with Gasteiger partial charge in [-0.15, -0.1) is 0 Å². The molecule has 3 rings (SSSR count). The Hall–Kier alpha value is -1.51. The predicted molar refractivity (Wildman–Crippen MR) is 81.7 cm³/mol. The second-order valence-electron chi connectivity index (χ2n) is 6.20. The van der Waals surface area contributed by atoms with Crippen molar-refractivity contribution in [2.24, 2.45) is 11.8 Å². The molecule has 2 aliphatic carbocycles. The number of nitrogens with zero attached hydrogens (tertiary/aromatic N) is 1. The monoisotopic (exact) mass is 272 g/mol. The summed E-state index contributed by atoms with van der Waals surface area (Å²) in [6.07, 6.45) is 5.23. The second-order valence-corrected chi connectivity index (χ2v) is 6.20. The number of likely N-dealkylation sites (N-methyl/N-ethyl adjacent to an activating group) is 1. The van der Waals surface area contributed by atoms with Gasteiger partial charge in [0, 0.05) is 18.3 Å². The first kappa shape index (κ1) is 13.5. The molecule has 3 nitrogen and oxygen atoms in total. The van der Waals surface area contributed by atoms with Crippen LogP contribution >= 0.6 is 0 Å². The predicted octanol–water partition coefficient (Wildman–Crippen LogP) is 2.82. The van der Waals surface area contributed by atoms with E-state index in [0.29, 0.717) is 12.6 Å². The average Bonchev–Trinajstić information content (AvgIpc) is 3.08. The Morgan fingerprint density at radius 2 is 2.05 bits per heavy atom. The molecule has 2 bridgehead atoms. The maximum Gasteiger partial charge on any atom is 0.239 e. The van der Waals surface area contributed by atoms with Gasteiger partial charge in [-0.2, -0.15) is 0 Å². The first-order valence-electron chi connectivity index (χ1n) is 7.85. The first-order valence-corrected chi connectivity index (χ1v) is 7.85. The lowest BCUT2D eigenvalue weighted by Crippen LogP contribution is -2.44. The minimum atomic E-state index is 0.174. The van der Waals surface area contributed by atoms with Gasteiger partial charge < -0.3 is 10.2 Å². The summed E-state index contributed by atoms with van der Waals surface area (Å²) in [7, 11) is 0. The third-order valence-corrected chi connectivity index (χ3v) is 4.92. The second kappa shape index (κ2) is 5.86. The molecule has 108 valence electrons. The number of carbonyl (C=O) groups excluding carboxylic acids is 1. The fourth-order valence-electron chi connectivity index (χ4n) is 3.87. The van der Waals surface area contributed by atoms with Crippen LogP contribution in [0.2, 0.25) is 0 Å². The number of hydrogen-bond donors (Lipinski definition) is 1. The van der Waals surface area contributed by atoms with E-state index >= 15 is 0 Å². The van der Waals surface area contributed by atoms with Crippen molar-refractivity contribution in [3.8, 4) is 0 Å². The molecule has 2 fully saturated rings. The lowest BCUT2D eigenvalue weighted by atomic mass is 9.95. The Balaban J connectivity index is 1.55. The van der Waals surface area contributed by atoms with Gasteiger partial charge in [0.1, 0.15) is 0 Å². The highest BCUT2D eigenvalue weighted by atomic mass is 16.2. The number of carbonyl (C=O) groups is 1. The summed E-state index contributed by atoms with van der Waals surface area (Å²) in [4.78, 5) is 14.4. The highest BCUT2D eigenvalue weighted by Gasteiger charge is 2.40. The van der Waals surface area contributed by atoms with Gasteiger partial charge in [-0.1, -0.05) is 24.6 Å². The van der Waals surface area contributed by atoms with Crippen molar-refractivity contribution in [2.45, 2.75) is 38.6 Å². The number of hydrogen-bond acceptors (Lipinski definition) is 2. The topological polar surface area (TPSA) is 32.3 Å². The molecule has 0 heterocycles. The molecule has 3 heteroatoms. The molecule has 1 amide bonds. The number of anilines is 1. The van der Waals surface area contributed by atoms with E-state index in [1.165, 1.54) is 25.7 Å². The molecule has 3 atom stereocenters. The van der Waals surface area contributed by atoms with Crippen LogP contribution in [0, 0.1) is 11.8 Å². The van der Waals surface area contributed by atoms with Gasteiger partial charge in [-0.25, -0.2) is 0 Å². The molecule has 0 aliphatic heterocycles. The van der Waals surface area contributed by atoms with Crippen LogP contribution in [0.5, 0.6) is 0 Å². The lowest BCUT2D eigenvalue weighted by molar-refractivity contribution is -0.120. The van der Waals surface area contributed by atoms with Gasteiger partial charge in [0.05, 0.1) is 6.54 Å². The molecule has 0 radical (unpaired) electrons. The number of fused-ring (bicyclic) bond motifs is 2. The van der Waals surface area contributed by atoms with Crippen LogP contribution in [0.1, 0.15) is 32.6 Å². The van der Waals surface area contributed by atoms with E-state index in [9.17, 15) is 4.79 Å². The summed E-state index contributed by atoms with van der Waals surface area (Å²) >= 11 is 0. The van der Waals surface area contributed by atoms with Gasteiger partial charge in [0.15, 0.2) is 0 Å². The Kier molecular flexibility index (Phi) is 3.95. The molecule has 1 aromatic carbocycles. The Morgan fingerprint density at radius 3 is 2.65 bits per heavy atom. The number of rotatable bonds is 5. The third kappa shape index (κ3) is 2.82. The molecule has 20 heavy (non-hydrogen) atoms. The van der Waals surface area contributed by atoms with E-state index in [2.05, 4.69) is 29.3 Å². The van der Waals surface area contributed by atoms with Crippen molar-refractivity contribution in [2.75, 3.05) is 18.0 Å². The molecular weight excluding hydrogens is 248 g/mol. The van der Waals surface area contributed by atoms with Crippen LogP contribution in [-0.4, -0.2) is 25.0 Å². The lowest BCUT2D eigenvalue weighted by Gasteiger charge is -2.26. The van der Waals surface area contributed by atoms with Crippen LogP contribution in [0.3, 0.4) is 0 Å². The highest BCUT2D eigenvalue weighted by Crippen LogP contribution is 2.44. The van der Waals surface area contributed by atoms with Gasteiger partial charge in [-0.05, 0) is 50.2 Å². The van der Waals surface area contributed by atoms with Gasteiger partial charge in [0.25, 0.3) is 0 Å². The SMILES string of the molecule is CCN(CC(=O)N[C@H]1C[C@@H]2CC[C@H]1C2)c1ccccc1. The fraction of sp³-hybridized carbons (Fsp3) is 0.588. The Labute approximate surface area is 121 Å². The molecule has 0 saturated heterocycles. The van der Waals surface area contributed by atoms with E-state index in [1.54, 1.807) is 0 Å². The van der Waals surface area contributed by atoms with E-state index in [1.807, 2.05) is 18.2 Å². The van der Waals surface area contributed by atoms with Crippen LogP contribution in [0.25, 0.3) is 0 Å². The van der Waals surface area contributed by atoms with Gasteiger partial charge in [0.2, 0.25) is 5.91 Å². The number of nitrogens with one attached hydrogen (secondary N) is 1. The van der Waals surface area contributed by atoms with E-state index in [-0.39, 0.29) is 5.91 Å². The van der Waals surface area contributed by atoms with Crippen molar-refractivity contribution in [1.82, 2.24) is 5.32 Å². The minimum Gasteiger partial charge on any atom is -0.363 e. The Morgan fingerprint density at radius 1 is 1.25 bits per heavy atom. The molecule has 0 unspecified atom stereocenters. The summed E-state index contributed by atoms with van der Waals surface area (Å²) < 4.78 is 0. The smallest absolute Gasteiger partial charge is 0.239 e. The molecule has 0 spiro atoms. The van der Waals surface area contributed by atoms with Crippen LogP contribution in [-0.2, 0) is 4.79 Å². The maximum absolute atomic E-state index is 12.3. The summed E-state index contributed by atoms with van der Waals surface area (Å²) in [5.41, 5.74) is 1.12. The van der Waals surface area contributed by atoms with E-state index < -0.39 is 0 Å². The standard InChI is InChI=1S/C17H24N2O/c1-2-19(15-6-4-3-5-7-15)12-17(20)18-16-11-13-8-9-14(16)10-13/h3-7,13-14,16H,2,8-12H2,1H3,(H,18,20)/t13-,14+,16+/m1/s1. The van der Waals surface area contributed by atoms with Crippen LogP contribution in [0.4, 0.5) is 5.69 Å². The number of para-hydroxylation sites is 1. The maximum atomic E-state index is 12.3. The molecule has 2 aliphatic rings. The van der Waals surface area contributed by atoms with Gasteiger partial charge >= 0.3 is 0 Å². The largest absolute Gasteiger partial charge is 0.363 e. The zero-order chi connectivity index (χ0) is 13.9. The summed E-state index contributed by atoms with van der Waals surface area (Å²) in [5.74, 6) is 1.80. The van der Waals surface area contributed by atoms with Crippen molar-refractivity contribution >= 4 is 11.6 Å². The Bertz CT molecular complexity index is 459.